The maximum Gasteiger partial charge on any atom is 0.355 e. The zero-order chi connectivity index (χ0) is 14.3. The SMILES string of the molecule is CCCCOCCOC(=O)c1cc(N)cn1C(C)C. The molecule has 0 fully saturated rings. The smallest absolute Gasteiger partial charge is 0.355 e. The summed E-state index contributed by atoms with van der Waals surface area (Å²) in [4.78, 5) is 11.9. The fourth-order valence-electron chi connectivity index (χ4n) is 1.71. The molecular formula is C14H24N2O3. The second-order valence-electron chi connectivity index (χ2n) is 4.76. The maximum absolute atomic E-state index is 11.9. The van der Waals surface area contributed by atoms with Crippen molar-refractivity contribution in [3.05, 3.63) is 18.0 Å². The molecule has 0 amide bonds. The summed E-state index contributed by atoms with van der Waals surface area (Å²) in [5.41, 5.74) is 6.77. The number of carbonyl (C=O) groups excluding carboxylic acids is 1. The number of unbranched alkanes of at least 4 members (excludes halogenated alkanes) is 1. The fourth-order valence-corrected chi connectivity index (χ4v) is 1.71. The van der Waals surface area contributed by atoms with Crippen LogP contribution in [0.2, 0.25) is 0 Å². The highest BCUT2D eigenvalue weighted by Crippen LogP contribution is 2.17. The van der Waals surface area contributed by atoms with Gasteiger partial charge in [-0.15, -0.1) is 0 Å². The van der Waals surface area contributed by atoms with Gasteiger partial charge in [0.05, 0.1) is 12.3 Å². The molecule has 0 aliphatic carbocycles. The first-order valence-electron chi connectivity index (χ1n) is 6.78. The summed E-state index contributed by atoms with van der Waals surface area (Å²) in [7, 11) is 0. The van der Waals surface area contributed by atoms with Crippen LogP contribution in [0.1, 0.15) is 50.1 Å². The minimum Gasteiger partial charge on any atom is -0.459 e. The Morgan fingerprint density at radius 1 is 1.37 bits per heavy atom. The van der Waals surface area contributed by atoms with Crippen LogP contribution in [0.4, 0.5) is 5.69 Å². The van der Waals surface area contributed by atoms with Crippen molar-refractivity contribution in [2.45, 2.75) is 39.7 Å². The van der Waals surface area contributed by atoms with Crippen molar-refractivity contribution in [2.75, 3.05) is 25.6 Å². The number of nitrogens with two attached hydrogens (primary N) is 1. The number of carbonyl (C=O) groups is 1. The number of hydrogen-bond donors (Lipinski definition) is 1. The lowest BCUT2D eigenvalue weighted by Gasteiger charge is -2.12. The third-order valence-electron chi connectivity index (χ3n) is 2.74. The van der Waals surface area contributed by atoms with Crippen LogP contribution < -0.4 is 5.73 Å². The van der Waals surface area contributed by atoms with Gasteiger partial charge in [0.2, 0.25) is 0 Å². The van der Waals surface area contributed by atoms with E-state index in [1.54, 1.807) is 12.3 Å². The maximum atomic E-state index is 11.9. The van der Waals surface area contributed by atoms with Crippen molar-refractivity contribution in [1.29, 1.82) is 0 Å². The Hall–Kier alpha value is -1.49. The van der Waals surface area contributed by atoms with Gasteiger partial charge in [-0.25, -0.2) is 4.79 Å². The van der Waals surface area contributed by atoms with E-state index in [2.05, 4.69) is 6.92 Å². The summed E-state index contributed by atoms with van der Waals surface area (Å²) in [5, 5.41) is 0. The van der Waals surface area contributed by atoms with Crippen LogP contribution in [0.3, 0.4) is 0 Å². The highest BCUT2D eigenvalue weighted by Gasteiger charge is 2.15. The van der Waals surface area contributed by atoms with Gasteiger partial charge in [-0.1, -0.05) is 13.3 Å². The molecule has 0 saturated carbocycles. The van der Waals surface area contributed by atoms with Crippen molar-refractivity contribution >= 4 is 11.7 Å². The van der Waals surface area contributed by atoms with Gasteiger partial charge in [0.1, 0.15) is 12.3 Å². The topological polar surface area (TPSA) is 66.5 Å². The Kier molecular flexibility index (Phi) is 6.42. The van der Waals surface area contributed by atoms with Crippen LogP contribution in [-0.4, -0.2) is 30.4 Å². The van der Waals surface area contributed by atoms with Gasteiger partial charge in [-0.3, -0.25) is 0 Å². The van der Waals surface area contributed by atoms with E-state index in [0.29, 0.717) is 24.6 Å². The first-order valence-corrected chi connectivity index (χ1v) is 6.78. The van der Waals surface area contributed by atoms with E-state index in [9.17, 15) is 4.79 Å². The molecule has 0 atom stereocenters. The average molecular weight is 268 g/mol. The molecule has 0 saturated heterocycles. The first kappa shape index (κ1) is 15.6. The minimum absolute atomic E-state index is 0.167. The minimum atomic E-state index is -0.357. The number of ether oxygens (including phenoxy) is 2. The van der Waals surface area contributed by atoms with Crippen molar-refractivity contribution in [1.82, 2.24) is 4.57 Å². The summed E-state index contributed by atoms with van der Waals surface area (Å²) < 4.78 is 12.3. The van der Waals surface area contributed by atoms with Crippen molar-refractivity contribution < 1.29 is 14.3 Å². The summed E-state index contributed by atoms with van der Waals surface area (Å²) in [6, 6.07) is 1.81. The molecule has 5 nitrogen and oxygen atoms in total. The van der Waals surface area contributed by atoms with Gasteiger partial charge in [0.25, 0.3) is 0 Å². The van der Waals surface area contributed by atoms with Crippen LogP contribution in [-0.2, 0) is 9.47 Å². The van der Waals surface area contributed by atoms with E-state index in [1.807, 2.05) is 18.4 Å². The third-order valence-corrected chi connectivity index (χ3v) is 2.74. The standard InChI is InChI=1S/C14H24N2O3/c1-4-5-6-18-7-8-19-14(17)13-9-12(15)10-16(13)11(2)3/h9-11H,4-8,15H2,1-3H3. The quantitative estimate of drug-likeness (QED) is 0.581. The highest BCUT2D eigenvalue weighted by molar-refractivity contribution is 5.89. The Bertz CT molecular complexity index is 399. The first-order chi connectivity index (χ1) is 9.06. The van der Waals surface area contributed by atoms with E-state index in [-0.39, 0.29) is 18.6 Å². The van der Waals surface area contributed by atoms with Gasteiger partial charge >= 0.3 is 5.97 Å². The third kappa shape index (κ3) is 4.95. The Morgan fingerprint density at radius 2 is 2.11 bits per heavy atom. The van der Waals surface area contributed by atoms with Gasteiger partial charge in [0, 0.05) is 18.8 Å². The number of nitrogen functional groups attached to an aromatic ring is 1. The molecule has 0 aliphatic rings. The number of anilines is 1. The molecular weight excluding hydrogens is 244 g/mol. The van der Waals surface area contributed by atoms with Gasteiger partial charge < -0.3 is 19.8 Å². The fraction of sp³-hybridized carbons (Fsp3) is 0.643. The van der Waals surface area contributed by atoms with Crippen molar-refractivity contribution in [3.8, 4) is 0 Å². The predicted molar refractivity (Wildman–Crippen MR) is 75.2 cm³/mol. The molecule has 1 rings (SSSR count). The molecule has 108 valence electrons. The molecule has 2 N–H and O–H groups in total. The molecule has 0 aromatic carbocycles. The summed E-state index contributed by atoms with van der Waals surface area (Å²) >= 11 is 0. The highest BCUT2D eigenvalue weighted by atomic mass is 16.6. The van der Waals surface area contributed by atoms with Crippen LogP contribution >= 0.6 is 0 Å². The number of esters is 1. The number of aromatic nitrogens is 1. The molecule has 1 heterocycles. The van der Waals surface area contributed by atoms with Crippen LogP contribution in [0.25, 0.3) is 0 Å². The lowest BCUT2D eigenvalue weighted by molar-refractivity contribution is 0.0302. The Balaban J connectivity index is 2.41. The zero-order valence-electron chi connectivity index (χ0n) is 12.0. The van der Waals surface area contributed by atoms with E-state index in [4.69, 9.17) is 15.2 Å². The monoisotopic (exact) mass is 268 g/mol. The zero-order valence-corrected chi connectivity index (χ0v) is 12.0. The molecule has 0 spiro atoms. The van der Waals surface area contributed by atoms with Gasteiger partial charge in [-0.05, 0) is 26.3 Å². The lowest BCUT2D eigenvalue weighted by Crippen LogP contribution is -2.16. The Labute approximate surface area is 114 Å². The summed E-state index contributed by atoms with van der Waals surface area (Å²) in [6.07, 6.45) is 3.88. The second-order valence-corrected chi connectivity index (χ2v) is 4.76. The normalized spacial score (nSPS) is 10.9. The summed E-state index contributed by atoms with van der Waals surface area (Å²) in [5.74, 6) is -0.357. The molecule has 0 unspecified atom stereocenters. The Morgan fingerprint density at radius 3 is 2.74 bits per heavy atom. The van der Waals surface area contributed by atoms with Crippen LogP contribution in [0, 0.1) is 0 Å². The molecule has 5 heteroatoms. The number of hydrogen-bond acceptors (Lipinski definition) is 4. The number of rotatable bonds is 8. The van der Waals surface area contributed by atoms with Crippen LogP contribution in [0.15, 0.2) is 12.3 Å². The molecule has 0 radical (unpaired) electrons. The largest absolute Gasteiger partial charge is 0.459 e. The summed E-state index contributed by atoms with van der Waals surface area (Å²) in [6.45, 7) is 7.50. The molecule has 1 aromatic heterocycles. The van der Waals surface area contributed by atoms with Gasteiger partial charge in [0.15, 0.2) is 0 Å². The van der Waals surface area contributed by atoms with E-state index in [1.165, 1.54) is 0 Å². The van der Waals surface area contributed by atoms with E-state index in [0.717, 1.165) is 12.8 Å². The predicted octanol–water partition coefficient (Wildman–Crippen LogP) is 2.62. The van der Waals surface area contributed by atoms with E-state index >= 15 is 0 Å². The van der Waals surface area contributed by atoms with Crippen molar-refractivity contribution in [2.24, 2.45) is 0 Å². The molecule has 0 bridgehead atoms. The second kappa shape index (κ2) is 7.84. The average Bonchev–Trinajstić information content (AvgIpc) is 2.76. The van der Waals surface area contributed by atoms with Gasteiger partial charge in [-0.2, -0.15) is 0 Å². The van der Waals surface area contributed by atoms with Crippen molar-refractivity contribution in [3.63, 3.8) is 0 Å². The molecule has 0 aliphatic heterocycles. The molecule has 19 heavy (non-hydrogen) atoms. The molecule has 1 aromatic rings. The number of nitrogens with zero attached hydrogens (tertiary/aromatic N) is 1. The lowest BCUT2D eigenvalue weighted by atomic mass is 10.3. The van der Waals surface area contributed by atoms with E-state index < -0.39 is 0 Å². The van der Waals surface area contributed by atoms with Crippen LogP contribution in [0.5, 0.6) is 0 Å².